The summed E-state index contributed by atoms with van der Waals surface area (Å²) < 4.78 is 0. The van der Waals surface area contributed by atoms with Gasteiger partial charge in [-0.3, -0.25) is 0 Å². The van der Waals surface area contributed by atoms with E-state index in [4.69, 9.17) is 0 Å². The third-order valence-electron chi connectivity index (χ3n) is 0.498. The predicted molar refractivity (Wildman–Crippen MR) is 20.5 cm³/mol. The lowest BCUT2D eigenvalue weighted by atomic mass is 3.88. The van der Waals surface area contributed by atoms with Crippen LogP contribution in [-0.4, -0.2) is 6.61 Å². The van der Waals surface area contributed by atoms with Crippen LogP contribution in [0.5, 0.6) is 0 Å². The molecule has 0 N–H and O–H groups in total. The van der Waals surface area contributed by atoms with Crippen molar-refractivity contribution in [3.8, 4) is 0 Å². The van der Waals surface area contributed by atoms with Crippen LogP contribution in [-0.2, 0) is 5.11 Å². The molecule has 0 unspecified atom stereocenters. The molecule has 0 fully saturated rings. The normalized spacial score (nSPS) is 8.40. The minimum Gasteiger partial charge on any atom is -0.237 e. The van der Waals surface area contributed by atoms with Gasteiger partial charge in [0.15, 0.2) is 0 Å². The van der Waals surface area contributed by atoms with Crippen LogP contribution >= 0.6 is 0 Å². The molecule has 0 spiro atoms. The van der Waals surface area contributed by atoms with Crippen molar-refractivity contribution in [2.45, 2.75) is 19.8 Å². The number of hydrogen-bond donors (Lipinski definition) is 0. The van der Waals surface area contributed by atoms with Crippen molar-refractivity contribution in [3.63, 3.8) is 0 Å². The summed E-state index contributed by atoms with van der Waals surface area (Å²) in [6.07, 6.45) is 1.86. The maximum Gasteiger partial charge on any atom is 0.0822 e. The summed E-state index contributed by atoms with van der Waals surface area (Å²) in [6.45, 7) is 2.11. The fourth-order valence-electron chi connectivity index (χ4n) is 0.144. The summed E-state index contributed by atoms with van der Waals surface area (Å²) in [4.78, 5) is 0. The van der Waals surface area contributed by atoms with Crippen molar-refractivity contribution >= 4 is 0 Å². The second-order valence-electron chi connectivity index (χ2n) is 1.06. The summed E-state index contributed by atoms with van der Waals surface area (Å²) in [5.74, 6) is 0. The Morgan fingerprint density at radius 3 is 2.20 bits per heavy atom. The van der Waals surface area contributed by atoms with Crippen molar-refractivity contribution in [1.29, 1.82) is 0 Å². The van der Waals surface area contributed by atoms with Crippen LogP contribution in [0.15, 0.2) is 0 Å². The van der Waals surface area contributed by atoms with Gasteiger partial charge in [0.05, 0.1) is 6.61 Å². The first-order chi connectivity index (χ1) is 2.41. The maximum absolute atomic E-state index is 9.53. The van der Waals surface area contributed by atoms with E-state index < -0.39 is 0 Å². The van der Waals surface area contributed by atoms with E-state index in [0.717, 1.165) is 12.8 Å². The zero-order valence-corrected chi connectivity index (χ0v) is 3.53. The molecule has 0 bridgehead atoms. The zero-order valence-electron chi connectivity index (χ0n) is 3.53. The Balaban J connectivity index is 2.19. The second-order valence-corrected chi connectivity index (χ2v) is 1.06. The lowest BCUT2D eigenvalue weighted by molar-refractivity contribution is 0.188. The molecule has 0 atom stereocenters. The molecule has 0 aromatic rings. The van der Waals surface area contributed by atoms with E-state index in [0.29, 0.717) is 0 Å². The fraction of sp³-hybridized carbons (Fsp3) is 1.00. The minimum absolute atomic E-state index is 0.0938. The summed E-state index contributed by atoms with van der Waals surface area (Å²) in [6, 6.07) is 0. The summed E-state index contributed by atoms with van der Waals surface area (Å²) in [5, 5.41) is 9.53. The van der Waals surface area contributed by atoms with E-state index in [-0.39, 0.29) is 6.61 Å². The van der Waals surface area contributed by atoms with Gasteiger partial charge in [0.1, 0.15) is 0 Å². The molecule has 0 saturated carbocycles. The molecule has 1 heteroatoms. The van der Waals surface area contributed by atoms with Crippen LogP contribution in [0, 0.1) is 0 Å². The highest BCUT2D eigenvalue weighted by molar-refractivity contribution is 4.22. The minimum atomic E-state index is 0.0938. The average Bonchev–Trinajstić information content (AvgIpc) is 1.41. The van der Waals surface area contributed by atoms with Gasteiger partial charge in [0.2, 0.25) is 0 Å². The van der Waals surface area contributed by atoms with Crippen molar-refractivity contribution in [2.75, 3.05) is 6.61 Å². The largest absolute Gasteiger partial charge is 0.237 e. The Labute approximate surface area is 32.6 Å². The smallest absolute Gasteiger partial charge is 0.0822 e. The Morgan fingerprint density at radius 1 is 1.60 bits per heavy atom. The van der Waals surface area contributed by atoms with E-state index in [1.54, 1.807) is 0 Å². The Kier molecular flexibility index (Phi) is 3.93. The quantitative estimate of drug-likeness (QED) is 0.457. The highest BCUT2D eigenvalue weighted by atomic mass is 13.6. The summed E-state index contributed by atoms with van der Waals surface area (Å²) >= 11 is 0. The van der Waals surface area contributed by atoms with Crippen molar-refractivity contribution in [1.82, 2.24) is 0 Å². The molecule has 31 valence electrons. The van der Waals surface area contributed by atoms with Crippen LogP contribution < -0.4 is 0 Å². The maximum atomic E-state index is 9.53. The van der Waals surface area contributed by atoms with Crippen molar-refractivity contribution in [2.24, 2.45) is 0 Å². The molecule has 1 radical (unpaired) electrons. The van der Waals surface area contributed by atoms with E-state index in [9.17, 15) is 5.11 Å². The molecule has 0 aromatic carbocycles. The number of hydrogen-bond acceptors (Lipinski definition) is 0. The van der Waals surface area contributed by atoms with Gasteiger partial charge in [-0.2, -0.15) is 0 Å². The zero-order chi connectivity index (χ0) is 4.12. The Hall–Kier alpha value is -0.0400. The van der Waals surface area contributed by atoms with Gasteiger partial charge >= 0.3 is 0 Å². The molecule has 0 heterocycles. The molecule has 0 aliphatic carbocycles. The average molecular weight is 61.1 g/mol. The van der Waals surface area contributed by atoms with E-state index in [1.807, 2.05) is 6.92 Å². The summed E-state index contributed by atoms with van der Waals surface area (Å²) in [5.41, 5.74) is 0. The topological polar surface area (TPSA) is 19.9 Å². The van der Waals surface area contributed by atoms with Gasteiger partial charge in [-0.1, -0.05) is 13.3 Å². The fourth-order valence-corrected chi connectivity index (χ4v) is 0.144. The van der Waals surface area contributed by atoms with Gasteiger partial charge in [0, 0.05) is 0 Å². The van der Waals surface area contributed by atoms with Gasteiger partial charge in [0.25, 0.3) is 0 Å². The second kappa shape index (κ2) is 3.96. The molecular formula is C4H9O. The Morgan fingerprint density at radius 2 is 2.20 bits per heavy atom. The molecular weight excluding hydrogens is 52.0 g/mol. The van der Waals surface area contributed by atoms with Crippen LogP contribution in [0.4, 0.5) is 0 Å². The van der Waals surface area contributed by atoms with Crippen LogP contribution in [0.2, 0.25) is 0 Å². The first-order valence-corrected chi connectivity index (χ1v) is 2.00. The highest BCUT2D eigenvalue weighted by Gasteiger charge is 1.71. The van der Waals surface area contributed by atoms with Gasteiger partial charge in [-0.15, -0.1) is 0 Å². The van der Waals surface area contributed by atoms with E-state index >= 15 is 0 Å². The molecule has 0 amide bonds. The molecule has 5 heavy (non-hydrogen) atoms. The van der Waals surface area contributed by atoms with Crippen LogP contribution in [0.25, 0.3) is 0 Å². The van der Waals surface area contributed by atoms with Crippen molar-refractivity contribution in [3.05, 3.63) is 0 Å². The molecule has 0 aliphatic heterocycles. The highest BCUT2D eigenvalue weighted by Crippen LogP contribution is 1.79. The predicted octanol–water partition coefficient (Wildman–Crippen LogP) is 1.22. The van der Waals surface area contributed by atoms with Gasteiger partial charge in [-0.05, 0) is 6.42 Å². The SMILES string of the molecule is CCCC[4O]. The molecule has 1 nitrogen and oxygen atoms in total. The van der Waals surface area contributed by atoms with Gasteiger partial charge < -0.3 is 0 Å². The molecule has 0 rings (SSSR count). The van der Waals surface area contributed by atoms with Crippen LogP contribution in [0.1, 0.15) is 19.8 Å². The molecule has 0 aliphatic rings. The molecule has 0 aromatic heterocycles. The Bertz CT molecular complexity index is 11.1. The third kappa shape index (κ3) is 3.96. The molecule has 0 saturated heterocycles. The lowest BCUT2D eigenvalue weighted by Gasteiger charge is -1.76. The first-order valence-electron chi connectivity index (χ1n) is 2.00. The van der Waals surface area contributed by atoms with Crippen LogP contribution in [0.3, 0.4) is 0 Å². The number of rotatable bonds is 2. The first kappa shape index (κ1) is 4.96. The standard InChI is InChI=1S/C4H9O/c1-2-3-4-5/h2-4H2,1H3/i5-12. The van der Waals surface area contributed by atoms with Crippen molar-refractivity contribution < 1.29 is 5.11 Å². The van der Waals surface area contributed by atoms with Gasteiger partial charge in [-0.25, -0.2) is 5.11 Å². The third-order valence-corrected chi connectivity index (χ3v) is 0.498. The van der Waals surface area contributed by atoms with E-state index in [1.165, 1.54) is 0 Å². The summed E-state index contributed by atoms with van der Waals surface area (Å²) in [7, 11) is 0. The number of unbranched alkanes of at least 4 members (excludes halogenated alkanes) is 1. The van der Waals surface area contributed by atoms with E-state index in [2.05, 4.69) is 0 Å². The monoisotopic (exact) mass is 61.1 g/mol. The lowest BCUT2D eigenvalue weighted by Crippen LogP contribution is -1.72.